The Bertz CT molecular complexity index is 882. The number of nitriles is 1. The maximum atomic E-state index is 13.3. The first-order valence-corrected chi connectivity index (χ1v) is 10.4. The van der Waals surface area contributed by atoms with Gasteiger partial charge in [0, 0.05) is 5.69 Å². The maximum absolute atomic E-state index is 13.3. The van der Waals surface area contributed by atoms with Crippen LogP contribution in [-0.4, -0.2) is 24.8 Å². The molecule has 1 heterocycles. The molecule has 2 aromatic rings. The van der Waals surface area contributed by atoms with Crippen LogP contribution in [0.3, 0.4) is 0 Å². The van der Waals surface area contributed by atoms with Crippen LogP contribution in [0.25, 0.3) is 0 Å². The van der Waals surface area contributed by atoms with Gasteiger partial charge in [0.05, 0.1) is 30.9 Å². The molecule has 1 fully saturated rings. The van der Waals surface area contributed by atoms with Gasteiger partial charge in [-0.1, -0.05) is 30.3 Å². The molecule has 0 unspecified atom stereocenters. The topological polar surface area (TPSA) is 79.6 Å². The van der Waals surface area contributed by atoms with E-state index in [1.54, 1.807) is 43.0 Å². The van der Waals surface area contributed by atoms with Crippen molar-refractivity contribution in [2.75, 3.05) is 18.1 Å². The number of rotatable bonds is 7. The average molecular weight is 384 g/mol. The van der Waals surface area contributed by atoms with Gasteiger partial charge in [-0.15, -0.1) is 0 Å². The zero-order valence-corrected chi connectivity index (χ0v) is 16.1. The second-order valence-electron chi connectivity index (χ2n) is 6.04. The van der Waals surface area contributed by atoms with E-state index in [1.807, 2.05) is 30.3 Å². The van der Waals surface area contributed by atoms with E-state index in [2.05, 4.69) is 6.07 Å². The van der Waals surface area contributed by atoms with E-state index in [0.29, 0.717) is 11.3 Å². The third-order valence-corrected chi connectivity index (χ3v) is 6.86. The van der Waals surface area contributed by atoms with Crippen LogP contribution in [0.2, 0.25) is 0 Å². The highest BCUT2D eigenvalue weighted by atomic mass is 31.2. The molecule has 0 N–H and O–H groups in total. The fraction of sp³-hybridized carbons (Fsp3) is 0.300. The van der Waals surface area contributed by atoms with Crippen LogP contribution in [0.4, 0.5) is 5.69 Å². The number of carbonyl (C=O) groups is 1. The molecule has 7 heteroatoms. The molecule has 6 nitrogen and oxygen atoms in total. The summed E-state index contributed by atoms with van der Waals surface area (Å²) in [7, 11) is -3.63. The Morgan fingerprint density at radius 2 is 1.63 bits per heavy atom. The molecule has 1 aliphatic heterocycles. The van der Waals surface area contributed by atoms with Gasteiger partial charge < -0.3 is 13.9 Å². The fourth-order valence-corrected chi connectivity index (χ4v) is 5.46. The van der Waals surface area contributed by atoms with E-state index in [4.69, 9.17) is 14.3 Å². The van der Waals surface area contributed by atoms with Crippen molar-refractivity contribution in [2.24, 2.45) is 0 Å². The maximum Gasteiger partial charge on any atom is 0.345 e. The van der Waals surface area contributed by atoms with Gasteiger partial charge in [0.2, 0.25) is 5.91 Å². The minimum absolute atomic E-state index is 0.187. The second kappa shape index (κ2) is 8.06. The number of nitrogens with zero attached hydrogens (tertiary/aromatic N) is 2. The van der Waals surface area contributed by atoms with Gasteiger partial charge in [-0.25, -0.2) is 0 Å². The van der Waals surface area contributed by atoms with E-state index >= 15 is 0 Å². The lowest BCUT2D eigenvalue weighted by Crippen LogP contribution is -2.59. The molecule has 2 atom stereocenters. The van der Waals surface area contributed by atoms with Crippen LogP contribution >= 0.6 is 7.60 Å². The Labute approximate surface area is 158 Å². The van der Waals surface area contributed by atoms with Crippen LogP contribution in [0.15, 0.2) is 54.6 Å². The number of benzene rings is 2. The normalized spacial score (nSPS) is 19.4. The van der Waals surface area contributed by atoms with Crippen molar-refractivity contribution in [2.45, 2.75) is 25.5 Å². The van der Waals surface area contributed by atoms with Crippen LogP contribution in [0.5, 0.6) is 0 Å². The van der Waals surface area contributed by atoms with E-state index in [9.17, 15) is 9.36 Å². The molecule has 1 saturated heterocycles. The molecule has 1 amide bonds. The molecule has 1 aliphatic rings. The van der Waals surface area contributed by atoms with Crippen molar-refractivity contribution in [3.63, 3.8) is 0 Å². The van der Waals surface area contributed by atoms with E-state index in [1.165, 1.54) is 0 Å². The van der Waals surface area contributed by atoms with Gasteiger partial charge in [-0.05, 0) is 43.7 Å². The zero-order chi connectivity index (χ0) is 19.4. The van der Waals surface area contributed by atoms with Crippen molar-refractivity contribution in [1.82, 2.24) is 0 Å². The first-order valence-electron chi connectivity index (χ1n) is 8.82. The Kier molecular flexibility index (Phi) is 5.76. The number of amides is 1. The highest BCUT2D eigenvalue weighted by Crippen LogP contribution is 2.63. The summed E-state index contributed by atoms with van der Waals surface area (Å²) in [5.74, 6) is -0.291. The van der Waals surface area contributed by atoms with E-state index in [-0.39, 0.29) is 19.1 Å². The molecule has 0 bridgehead atoms. The molecule has 0 aliphatic carbocycles. The van der Waals surface area contributed by atoms with Gasteiger partial charge in [-0.2, -0.15) is 5.26 Å². The lowest BCUT2D eigenvalue weighted by Gasteiger charge is -2.48. The SMILES string of the molecule is CCOP(=O)(OCC)[C@H]1C(=O)N(c2ccccc2)[C@@H]1c1ccc(C#N)cc1. The minimum Gasteiger partial charge on any atom is -0.308 e. The van der Waals surface area contributed by atoms with Crippen molar-refractivity contribution in [3.05, 3.63) is 65.7 Å². The summed E-state index contributed by atoms with van der Waals surface area (Å²) in [6.07, 6.45) is 0. The van der Waals surface area contributed by atoms with Gasteiger partial charge >= 0.3 is 7.60 Å². The number of β-lactam (4-membered cyclic amide) rings is 1. The van der Waals surface area contributed by atoms with Crippen LogP contribution in [0, 0.1) is 11.3 Å². The Hall–Kier alpha value is -2.45. The highest BCUT2D eigenvalue weighted by Gasteiger charge is 2.59. The molecular formula is C20H21N2O4P. The highest BCUT2D eigenvalue weighted by molar-refractivity contribution is 7.56. The predicted molar refractivity (Wildman–Crippen MR) is 102 cm³/mol. The van der Waals surface area contributed by atoms with Gasteiger partial charge in [0.15, 0.2) is 5.66 Å². The summed E-state index contributed by atoms with van der Waals surface area (Å²) in [5, 5.41) is 9.03. The smallest absolute Gasteiger partial charge is 0.308 e. The largest absolute Gasteiger partial charge is 0.345 e. The van der Waals surface area contributed by atoms with Crippen LogP contribution in [0.1, 0.15) is 31.0 Å². The molecule has 27 heavy (non-hydrogen) atoms. The summed E-state index contributed by atoms with van der Waals surface area (Å²) in [5.41, 5.74) is 1.10. The lowest BCUT2D eigenvalue weighted by molar-refractivity contribution is -0.124. The molecule has 2 aromatic carbocycles. The number of carbonyl (C=O) groups excluding carboxylic acids is 1. The Balaban J connectivity index is 2.05. The van der Waals surface area contributed by atoms with Crippen LogP contribution < -0.4 is 4.90 Å². The van der Waals surface area contributed by atoms with Crippen molar-refractivity contribution >= 4 is 19.2 Å². The summed E-state index contributed by atoms with van der Waals surface area (Å²) >= 11 is 0. The minimum atomic E-state index is -3.63. The molecule has 140 valence electrons. The van der Waals surface area contributed by atoms with Crippen LogP contribution in [-0.2, 0) is 18.4 Å². The molecule has 0 spiro atoms. The zero-order valence-electron chi connectivity index (χ0n) is 15.2. The Morgan fingerprint density at radius 3 is 2.15 bits per heavy atom. The van der Waals surface area contributed by atoms with Crippen molar-refractivity contribution < 1.29 is 18.4 Å². The first-order chi connectivity index (χ1) is 13.1. The average Bonchev–Trinajstić information content (AvgIpc) is 2.67. The summed E-state index contributed by atoms with van der Waals surface area (Å²) in [6.45, 7) is 3.82. The summed E-state index contributed by atoms with van der Waals surface area (Å²) in [6, 6.07) is 17.7. The third kappa shape index (κ3) is 3.54. The molecule has 0 saturated carbocycles. The fourth-order valence-electron chi connectivity index (χ4n) is 3.30. The standard InChI is InChI=1S/C20H21N2O4P/c1-3-25-27(24,26-4-2)19-18(16-12-10-15(14-21)11-13-16)22(20(19)23)17-8-6-5-7-9-17/h5-13,18-19H,3-4H2,1-2H3/t18-,19-/m1/s1. The van der Waals surface area contributed by atoms with E-state index in [0.717, 1.165) is 5.56 Å². The molecule has 0 radical (unpaired) electrons. The van der Waals surface area contributed by atoms with Gasteiger partial charge in [0.1, 0.15) is 0 Å². The summed E-state index contributed by atoms with van der Waals surface area (Å²) in [4.78, 5) is 14.6. The predicted octanol–water partition coefficient (Wildman–Crippen LogP) is 4.28. The lowest BCUT2D eigenvalue weighted by atomic mass is 9.91. The first kappa shape index (κ1) is 19.3. The van der Waals surface area contributed by atoms with Gasteiger partial charge in [0.25, 0.3) is 0 Å². The third-order valence-electron chi connectivity index (χ3n) is 4.44. The number of anilines is 1. The quantitative estimate of drug-likeness (QED) is 0.526. The second-order valence-corrected chi connectivity index (χ2v) is 8.20. The summed E-state index contributed by atoms with van der Waals surface area (Å²) < 4.78 is 24.3. The Morgan fingerprint density at radius 1 is 1.04 bits per heavy atom. The monoisotopic (exact) mass is 384 g/mol. The number of hydrogen-bond donors (Lipinski definition) is 0. The van der Waals surface area contributed by atoms with E-state index < -0.39 is 19.3 Å². The van der Waals surface area contributed by atoms with Crippen molar-refractivity contribution in [1.29, 1.82) is 5.26 Å². The molecular weight excluding hydrogens is 363 g/mol. The molecule has 0 aromatic heterocycles. The molecule has 3 rings (SSSR count). The van der Waals surface area contributed by atoms with Crippen molar-refractivity contribution in [3.8, 4) is 6.07 Å². The number of para-hydroxylation sites is 1. The number of hydrogen-bond acceptors (Lipinski definition) is 5. The van der Waals surface area contributed by atoms with Gasteiger partial charge in [-0.3, -0.25) is 9.36 Å².